The Morgan fingerprint density at radius 1 is 1.29 bits per heavy atom. The molecular weight excluding hydrogens is 215 g/mol. The Balaban J connectivity index is 2.32. The predicted octanol–water partition coefficient (Wildman–Crippen LogP) is 2.83. The average Bonchev–Trinajstić information content (AvgIpc) is 2.31. The molecule has 90 valence electrons. The summed E-state index contributed by atoms with van der Waals surface area (Å²) in [6.07, 6.45) is 2.05. The highest BCUT2D eigenvalue weighted by Crippen LogP contribution is 2.18. The number of hydrogen-bond acceptors (Lipinski definition) is 2. The molecule has 17 heavy (non-hydrogen) atoms. The van der Waals surface area contributed by atoms with Gasteiger partial charge in [0.1, 0.15) is 5.82 Å². The van der Waals surface area contributed by atoms with E-state index < -0.39 is 0 Å². The monoisotopic (exact) mass is 232 g/mol. The molecule has 0 saturated heterocycles. The van der Waals surface area contributed by atoms with Gasteiger partial charge < -0.3 is 5.32 Å². The van der Waals surface area contributed by atoms with Crippen LogP contribution in [0.1, 0.15) is 17.7 Å². The molecule has 0 radical (unpaired) electrons. The molecule has 0 spiro atoms. The maximum atomic E-state index is 13.1. The molecule has 1 N–H and O–H groups in total. The fraction of sp³-hybridized carbons (Fsp3) is 0.357. The van der Waals surface area contributed by atoms with Gasteiger partial charge in [0.2, 0.25) is 0 Å². The van der Waals surface area contributed by atoms with E-state index in [1.165, 1.54) is 11.6 Å². The van der Waals surface area contributed by atoms with Crippen molar-refractivity contribution < 1.29 is 4.39 Å². The lowest BCUT2D eigenvalue weighted by Gasteiger charge is -2.07. The van der Waals surface area contributed by atoms with Gasteiger partial charge in [0, 0.05) is 11.1 Å². The summed E-state index contributed by atoms with van der Waals surface area (Å²) in [5.41, 5.74) is 3.11. The van der Waals surface area contributed by atoms with E-state index in [0.717, 1.165) is 36.0 Å². The maximum absolute atomic E-state index is 13.1. The molecule has 2 nitrogen and oxygen atoms in total. The summed E-state index contributed by atoms with van der Waals surface area (Å²) in [7, 11) is 1.95. The molecule has 2 rings (SSSR count). The Hall–Kier alpha value is -1.48. The molecule has 1 aromatic heterocycles. The van der Waals surface area contributed by atoms with Crippen LogP contribution in [-0.2, 0) is 6.42 Å². The minimum atomic E-state index is -0.204. The molecule has 3 heteroatoms. The van der Waals surface area contributed by atoms with Crippen LogP contribution in [0.25, 0.3) is 10.9 Å². The Kier molecular flexibility index (Phi) is 3.69. The summed E-state index contributed by atoms with van der Waals surface area (Å²) in [5.74, 6) is -0.204. The first kappa shape index (κ1) is 12.0. The van der Waals surface area contributed by atoms with Crippen molar-refractivity contribution in [2.24, 2.45) is 0 Å². The molecule has 0 fully saturated rings. The second-order valence-electron chi connectivity index (χ2n) is 4.28. The number of nitrogens with one attached hydrogen (secondary N) is 1. The predicted molar refractivity (Wildman–Crippen MR) is 68.7 cm³/mol. The highest BCUT2D eigenvalue weighted by atomic mass is 19.1. The maximum Gasteiger partial charge on any atom is 0.123 e. The second kappa shape index (κ2) is 5.23. The van der Waals surface area contributed by atoms with Gasteiger partial charge in [-0.15, -0.1) is 0 Å². The van der Waals surface area contributed by atoms with Crippen molar-refractivity contribution >= 4 is 10.9 Å². The van der Waals surface area contributed by atoms with E-state index in [1.807, 2.05) is 14.0 Å². The van der Waals surface area contributed by atoms with Crippen molar-refractivity contribution in [2.45, 2.75) is 19.8 Å². The standard InChI is InChI=1S/C14H17FN2/c1-10-11(4-3-7-16-2)8-12-9-13(15)5-6-14(12)17-10/h5-6,8-9,16H,3-4,7H2,1-2H3. The molecule has 0 unspecified atom stereocenters. The third kappa shape index (κ3) is 2.80. The number of aryl methyl sites for hydroxylation is 2. The van der Waals surface area contributed by atoms with Gasteiger partial charge in [0.15, 0.2) is 0 Å². The molecule has 0 aliphatic carbocycles. The number of rotatable bonds is 4. The van der Waals surface area contributed by atoms with Crippen LogP contribution >= 0.6 is 0 Å². The molecule has 0 aliphatic rings. The minimum Gasteiger partial charge on any atom is -0.320 e. The largest absolute Gasteiger partial charge is 0.320 e. The molecule has 1 heterocycles. The van der Waals surface area contributed by atoms with Crippen LogP contribution in [0.5, 0.6) is 0 Å². The Morgan fingerprint density at radius 2 is 2.12 bits per heavy atom. The topological polar surface area (TPSA) is 24.9 Å². The molecular formula is C14H17FN2. The van der Waals surface area contributed by atoms with E-state index in [9.17, 15) is 4.39 Å². The van der Waals surface area contributed by atoms with Crippen LogP contribution in [0.15, 0.2) is 24.3 Å². The normalized spacial score (nSPS) is 11.0. The van der Waals surface area contributed by atoms with Crippen molar-refractivity contribution in [2.75, 3.05) is 13.6 Å². The Morgan fingerprint density at radius 3 is 2.88 bits per heavy atom. The van der Waals surface area contributed by atoms with Crippen molar-refractivity contribution in [3.05, 3.63) is 41.3 Å². The zero-order chi connectivity index (χ0) is 12.3. The molecule has 0 atom stereocenters. The van der Waals surface area contributed by atoms with Gasteiger partial charge in [-0.3, -0.25) is 4.98 Å². The van der Waals surface area contributed by atoms with Crippen LogP contribution in [0.4, 0.5) is 4.39 Å². The smallest absolute Gasteiger partial charge is 0.123 e. The van der Waals surface area contributed by atoms with Crippen LogP contribution in [0, 0.1) is 12.7 Å². The summed E-state index contributed by atoms with van der Waals surface area (Å²) >= 11 is 0. The Labute approximate surface area is 101 Å². The van der Waals surface area contributed by atoms with E-state index in [2.05, 4.69) is 16.4 Å². The minimum absolute atomic E-state index is 0.204. The molecule has 0 aliphatic heterocycles. The number of nitrogens with zero attached hydrogens (tertiary/aromatic N) is 1. The van der Waals surface area contributed by atoms with Crippen LogP contribution < -0.4 is 5.32 Å². The molecule has 0 saturated carbocycles. The van der Waals surface area contributed by atoms with E-state index in [1.54, 1.807) is 12.1 Å². The van der Waals surface area contributed by atoms with Gasteiger partial charge >= 0.3 is 0 Å². The first-order valence-corrected chi connectivity index (χ1v) is 5.91. The van der Waals surface area contributed by atoms with Gasteiger partial charge in [-0.1, -0.05) is 0 Å². The zero-order valence-corrected chi connectivity index (χ0v) is 10.3. The summed E-state index contributed by atoms with van der Waals surface area (Å²) < 4.78 is 13.1. The van der Waals surface area contributed by atoms with Gasteiger partial charge in [-0.05, 0) is 63.2 Å². The highest BCUT2D eigenvalue weighted by Gasteiger charge is 2.04. The quantitative estimate of drug-likeness (QED) is 0.820. The summed E-state index contributed by atoms with van der Waals surface area (Å²) in [4.78, 5) is 4.51. The van der Waals surface area contributed by atoms with Gasteiger partial charge in [0.25, 0.3) is 0 Å². The summed E-state index contributed by atoms with van der Waals surface area (Å²) in [6, 6.07) is 6.78. The van der Waals surface area contributed by atoms with Gasteiger partial charge in [-0.25, -0.2) is 4.39 Å². The van der Waals surface area contributed by atoms with E-state index >= 15 is 0 Å². The summed E-state index contributed by atoms with van der Waals surface area (Å²) in [5, 5.41) is 4.01. The lowest BCUT2D eigenvalue weighted by atomic mass is 10.1. The third-order valence-corrected chi connectivity index (χ3v) is 2.95. The zero-order valence-electron chi connectivity index (χ0n) is 10.3. The van der Waals surface area contributed by atoms with E-state index in [-0.39, 0.29) is 5.82 Å². The van der Waals surface area contributed by atoms with Crippen molar-refractivity contribution in [1.82, 2.24) is 10.3 Å². The fourth-order valence-electron chi connectivity index (χ4n) is 2.00. The lowest BCUT2D eigenvalue weighted by molar-refractivity contribution is 0.629. The highest BCUT2D eigenvalue weighted by molar-refractivity contribution is 5.79. The molecule has 2 aromatic rings. The van der Waals surface area contributed by atoms with E-state index in [0.29, 0.717) is 0 Å². The number of hydrogen-bond donors (Lipinski definition) is 1. The van der Waals surface area contributed by atoms with Crippen molar-refractivity contribution in [3.8, 4) is 0 Å². The first-order valence-electron chi connectivity index (χ1n) is 5.91. The SMILES string of the molecule is CNCCCc1cc2cc(F)ccc2nc1C. The number of benzene rings is 1. The average molecular weight is 232 g/mol. The second-order valence-corrected chi connectivity index (χ2v) is 4.28. The van der Waals surface area contributed by atoms with Crippen LogP contribution in [0.3, 0.4) is 0 Å². The number of fused-ring (bicyclic) bond motifs is 1. The van der Waals surface area contributed by atoms with Gasteiger partial charge in [0.05, 0.1) is 5.52 Å². The van der Waals surface area contributed by atoms with Crippen molar-refractivity contribution in [3.63, 3.8) is 0 Å². The fourth-order valence-corrected chi connectivity index (χ4v) is 2.00. The third-order valence-electron chi connectivity index (χ3n) is 2.95. The van der Waals surface area contributed by atoms with Gasteiger partial charge in [-0.2, -0.15) is 0 Å². The number of halogens is 1. The number of pyridine rings is 1. The van der Waals surface area contributed by atoms with Crippen LogP contribution in [-0.4, -0.2) is 18.6 Å². The lowest BCUT2D eigenvalue weighted by Crippen LogP contribution is -2.09. The van der Waals surface area contributed by atoms with Crippen LogP contribution in [0.2, 0.25) is 0 Å². The number of aromatic nitrogens is 1. The Bertz CT molecular complexity index is 523. The molecule has 0 amide bonds. The first-order chi connectivity index (χ1) is 8.20. The molecule has 0 bridgehead atoms. The summed E-state index contributed by atoms with van der Waals surface area (Å²) in [6.45, 7) is 3.00. The molecule has 1 aromatic carbocycles. The van der Waals surface area contributed by atoms with Crippen molar-refractivity contribution in [1.29, 1.82) is 0 Å². The van der Waals surface area contributed by atoms with E-state index in [4.69, 9.17) is 0 Å².